The number of carbonyl (C=O) groups excluding carboxylic acids is 1. The van der Waals surface area contributed by atoms with Crippen molar-refractivity contribution in [2.45, 2.75) is 6.42 Å². The Morgan fingerprint density at radius 1 is 1.38 bits per heavy atom. The van der Waals surface area contributed by atoms with Gasteiger partial charge >= 0.3 is 0 Å². The number of rotatable bonds is 3. The van der Waals surface area contributed by atoms with Crippen molar-refractivity contribution in [3.05, 3.63) is 42.0 Å². The van der Waals surface area contributed by atoms with Crippen LogP contribution in [0.15, 0.2) is 36.4 Å². The Balaban J connectivity index is 2.70. The summed E-state index contributed by atoms with van der Waals surface area (Å²) in [5.74, 6) is -1.21. The van der Waals surface area contributed by atoms with Gasteiger partial charge < -0.3 is 15.6 Å². The van der Waals surface area contributed by atoms with E-state index >= 15 is 0 Å². The first-order valence-electron chi connectivity index (χ1n) is 3.83. The van der Waals surface area contributed by atoms with Gasteiger partial charge in [-0.05, 0) is 29.7 Å². The Morgan fingerprint density at radius 3 is 2.38 bits per heavy atom. The van der Waals surface area contributed by atoms with E-state index in [1.165, 1.54) is 0 Å². The van der Waals surface area contributed by atoms with Crippen LogP contribution in [0.3, 0.4) is 0 Å². The van der Waals surface area contributed by atoms with Crippen LogP contribution in [0.2, 0.25) is 0 Å². The molecule has 0 heterocycles. The summed E-state index contributed by atoms with van der Waals surface area (Å²) in [5, 5.41) is 10.3. The summed E-state index contributed by atoms with van der Waals surface area (Å²) in [6, 6.07) is 6.97. The average molecular weight is 176 g/mol. The Hall–Kier alpha value is -1.77. The van der Waals surface area contributed by atoms with Gasteiger partial charge in [0.25, 0.3) is 0 Å². The normalized spacial score (nSPS) is 9.54. The fraction of sp³-hybridized carbons (Fsp3) is 0.100. The van der Waals surface area contributed by atoms with Crippen molar-refractivity contribution in [2.24, 2.45) is 0 Å². The van der Waals surface area contributed by atoms with Gasteiger partial charge in [-0.15, -0.1) is 0 Å². The van der Waals surface area contributed by atoms with Crippen LogP contribution in [0.4, 0.5) is 5.69 Å². The van der Waals surface area contributed by atoms with E-state index in [0.717, 1.165) is 5.56 Å². The molecule has 68 valence electrons. The Kier molecular flexibility index (Phi) is 2.69. The molecule has 0 aliphatic heterocycles. The summed E-state index contributed by atoms with van der Waals surface area (Å²) in [5.41, 5.74) is 7.06. The molecule has 1 rings (SSSR count). The first-order chi connectivity index (χ1) is 6.09. The molecule has 13 heavy (non-hydrogen) atoms. The summed E-state index contributed by atoms with van der Waals surface area (Å²) in [6.07, 6.45) is 0.294. The number of carboxylic acids is 1. The van der Waals surface area contributed by atoms with Crippen LogP contribution in [0.5, 0.6) is 0 Å². The van der Waals surface area contributed by atoms with Crippen molar-refractivity contribution < 1.29 is 9.90 Å². The second-order valence-electron chi connectivity index (χ2n) is 2.81. The van der Waals surface area contributed by atoms with Gasteiger partial charge in [0.05, 0.1) is 5.97 Å². The largest absolute Gasteiger partial charge is 0.545 e. The molecule has 0 aliphatic carbocycles. The van der Waals surface area contributed by atoms with Gasteiger partial charge in [0.15, 0.2) is 0 Å². The van der Waals surface area contributed by atoms with E-state index in [1.807, 2.05) is 0 Å². The van der Waals surface area contributed by atoms with Crippen LogP contribution in [-0.2, 0) is 11.2 Å². The second kappa shape index (κ2) is 3.76. The lowest BCUT2D eigenvalue weighted by Crippen LogP contribution is -2.24. The number of nitrogen functional groups attached to an aromatic ring is 1. The summed E-state index contributed by atoms with van der Waals surface area (Å²) in [6.45, 7) is 3.38. The molecule has 2 N–H and O–H groups in total. The van der Waals surface area contributed by atoms with E-state index in [4.69, 9.17) is 5.73 Å². The minimum absolute atomic E-state index is 0.0739. The number of nitrogens with two attached hydrogens (primary N) is 1. The minimum atomic E-state index is -1.21. The third-order valence-corrected chi connectivity index (χ3v) is 1.69. The molecule has 3 nitrogen and oxygen atoms in total. The number of benzene rings is 1. The highest BCUT2D eigenvalue weighted by Crippen LogP contribution is 2.09. The highest BCUT2D eigenvalue weighted by molar-refractivity contribution is 5.84. The van der Waals surface area contributed by atoms with Crippen molar-refractivity contribution in [1.29, 1.82) is 0 Å². The lowest BCUT2D eigenvalue weighted by atomic mass is 10.1. The maximum absolute atomic E-state index is 10.3. The Labute approximate surface area is 76.5 Å². The van der Waals surface area contributed by atoms with Crippen LogP contribution < -0.4 is 10.8 Å². The van der Waals surface area contributed by atoms with Crippen molar-refractivity contribution >= 4 is 11.7 Å². The third kappa shape index (κ3) is 2.63. The molecule has 3 heteroatoms. The molecule has 0 amide bonds. The van der Waals surface area contributed by atoms with E-state index in [1.54, 1.807) is 24.3 Å². The molecule has 0 saturated heterocycles. The van der Waals surface area contributed by atoms with E-state index in [0.29, 0.717) is 12.1 Å². The fourth-order valence-corrected chi connectivity index (χ4v) is 0.954. The van der Waals surface area contributed by atoms with E-state index in [-0.39, 0.29) is 5.57 Å². The quantitative estimate of drug-likeness (QED) is 0.525. The lowest BCUT2D eigenvalue weighted by molar-refractivity contribution is -0.299. The van der Waals surface area contributed by atoms with E-state index < -0.39 is 5.97 Å². The minimum Gasteiger partial charge on any atom is -0.545 e. The number of hydrogen-bond donors (Lipinski definition) is 1. The Morgan fingerprint density at radius 2 is 1.92 bits per heavy atom. The van der Waals surface area contributed by atoms with E-state index in [9.17, 15) is 9.90 Å². The molecular weight excluding hydrogens is 166 g/mol. The lowest BCUT2D eigenvalue weighted by Gasteiger charge is -2.06. The van der Waals surface area contributed by atoms with Crippen molar-refractivity contribution in [3.8, 4) is 0 Å². The molecule has 1 aromatic rings. The zero-order valence-corrected chi connectivity index (χ0v) is 7.12. The number of carboxylic acid groups (broad SMARTS) is 1. The molecule has 0 bridgehead atoms. The predicted molar refractivity (Wildman–Crippen MR) is 48.7 cm³/mol. The van der Waals surface area contributed by atoms with Gasteiger partial charge in [0.1, 0.15) is 0 Å². The molecule has 0 unspecified atom stereocenters. The third-order valence-electron chi connectivity index (χ3n) is 1.69. The van der Waals surface area contributed by atoms with Gasteiger partial charge in [-0.2, -0.15) is 0 Å². The van der Waals surface area contributed by atoms with Gasteiger partial charge in [-0.1, -0.05) is 18.7 Å². The van der Waals surface area contributed by atoms with Crippen LogP contribution in [0, 0.1) is 0 Å². The monoisotopic (exact) mass is 176 g/mol. The zero-order valence-electron chi connectivity index (χ0n) is 7.12. The molecule has 0 atom stereocenters. The zero-order chi connectivity index (χ0) is 9.84. The predicted octanol–water partition coefficient (Wildman–Crippen LogP) is 0.117. The van der Waals surface area contributed by atoms with E-state index in [2.05, 4.69) is 6.58 Å². The molecule has 0 fully saturated rings. The second-order valence-corrected chi connectivity index (χ2v) is 2.81. The molecule has 0 aliphatic rings. The number of anilines is 1. The summed E-state index contributed by atoms with van der Waals surface area (Å²) >= 11 is 0. The van der Waals surface area contributed by atoms with Crippen LogP contribution >= 0.6 is 0 Å². The van der Waals surface area contributed by atoms with Crippen LogP contribution in [0.1, 0.15) is 5.56 Å². The number of hydrogen-bond acceptors (Lipinski definition) is 3. The van der Waals surface area contributed by atoms with Crippen molar-refractivity contribution in [3.63, 3.8) is 0 Å². The average Bonchev–Trinajstić information content (AvgIpc) is 2.08. The molecule has 0 radical (unpaired) electrons. The molecular formula is C10H10NO2-. The van der Waals surface area contributed by atoms with Gasteiger partial charge in [0, 0.05) is 5.69 Å². The standard InChI is InChI=1S/C10H11NO2/c1-7(10(12)13)6-8-2-4-9(11)5-3-8/h2-5H,1,6,11H2,(H,12,13)/p-1. The highest BCUT2D eigenvalue weighted by Gasteiger charge is 1.97. The maximum Gasteiger partial charge on any atom is 0.0672 e. The van der Waals surface area contributed by atoms with Crippen molar-refractivity contribution in [1.82, 2.24) is 0 Å². The molecule has 0 spiro atoms. The topological polar surface area (TPSA) is 66.2 Å². The van der Waals surface area contributed by atoms with Gasteiger partial charge in [-0.25, -0.2) is 0 Å². The maximum atomic E-state index is 10.3. The van der Waals surface area contributed by atoms with Gasteiger partial charge in [-0.3, -0.25) is 0 Å². The first kappa shape index (κ1) is 9.32. The summed E-state index contributed by atoms with van der Waals surface area (Å²) < 4.78 is 0. The summed E-state index contributed by atoms with van der Waals surface area (Å²) in [7, 11) is 0. The fourth-order valence-electron chi connectivity index (χ4n) is 0.954. The first-order valence-corrected chi connectivity index (χ1v) is 3.83. The van der Waals surface area contributed by atoms with Crippen LogP contribution in [-0.4, -0.2) is 5.97 Å². The van der Waals surface area contributed by atoms with Crippen molar-refractivity contribution in [2.75, 3.05) is 5.73 Å². The molecule has 1 aromatic carbocycles. The van der Waals surface area contributed by atoms with Gasteiger partial charge in [0.2, 0.25) is 0 Å². The molecule has 0 saturated carbocycles. The summed E-state index contributed by atoms with van der Waals surface area (Å²) in [4.78, 5) is 10.3. The number of aliphatic carboxylic acids is 1. The molecule has 0 aromatic heterocycles. The number of carbonyl (C=O) groups is 1. The Bertz CT molecular complexity index is 327. The smallest absolute Gasteiger partial charge is 0.0672 e. The SMILES string of the molecule is C=C(Cc1ccc(N)cc1)C(=O)[O-]. The highest BCUT2D eigenvalue weighted by atomic mass is 16.4. The van der Waals surface area contributed by atoms with Crippen LogP contribution in [0.25, 0.3) is 0 Å².